The van der Waals surface area contributed by atoms with Crippen LogP contribution in [0.15, 0.2) is 0 Å². The summed E-state index contributed by atoms with van der Waals surface area (Å²) in [6, 6.07) is 0.179. The first-order valence-corrected chi connectivity index (χ1v) is 8.51. The van der Waals surface area contributed by atoms with Crippen LogP contribution in [0.1, 0.15) is 25.7 Å². The molecule has 104 valence electrons. The Kier molecular flexibility index (Phi) is 4.58. The Labute approximate surface area is 114 Å². The maximum Gasteiger partial charge on any atom is 0.214 e. The van der Waals surface area contributed by atoms with Crippen LogP contribution in [0, 0.1) is 0 Å². The smallest absolute Gasteiger partial charge is 0.214 e. The molecule has 0 spiro atoms. The van der Waals surface area contributed by atoms with Crippen LogP contribution in [0.2, 0.25) is 0 Å². The van der Waals surface area contributed by atoms with Gasteiger partial charge in [0, 0.05) is 32.2 Å². The minimum absolute atomic E-state index is 0.179. The summed E-state index contributed by atoms with van der Waals surface area (Å²) in [4.78, 5) is 2.72. The van der Waals surface area contributed by atoms with Gasteiger partial charge in [-0.1, -0.05) is 12.2 Å². The van der Waals surface area contributed by atoms with Crippen LogP contribution in [0.3, 0.4) is 0 Å². The largest absolute Gasteiger partial charge is 0.392 e. The third kappa shape index (κ3) is 3.40. The fourth-order valence-corrected chi connectivity index (χ4v) is 4.86. The number of sulfonamides is 1. The summed E-state index contributed by atoms with van der Waals surface area (Å²) in [7, 11) is -3.00. The van der Waals surface area contributed by atoms with Gasteiger partial charge in [0.15, 0.2) is 0 Å². The Morgan fingerprint density at radius 1 is 1.22 bits per heavy atom. The average Bonchev–Trinajstić information content (AvgIpc) is 2.29. The predicted molar refractivity (Wildman–Crippen MR) is 76.0 cm³/mol. The molecule has 0 unspecified atom stereocenters. The Balaban J connectivity index is 1.91. The van der Waals surface area contributed by atoms with Crippen molar-refractivity contribution >= 4 is 27.2 Å². The standard InChI is InChI=1S/C11H21N3O2S2/c12-11(17)9-13-6-3-10(4-7-13)14-5-1-2-8-18(14,15)16/h10H,1-9H2,(H2,12,17). The van der Waals surface area contributed by atoms with Gasteiger partial charge in [0.1, 0.15) is 0 Å². The van der Waals surface area contributed by atoms with Crippen LogP contribution in [0.4, 0.5) is 0 Å². The Hall–Kier alpha value is -0.240. The van der Waals surface area contributed by atoms with Crippen molar-refractivity contribution in [3.05, 3.63) is 0 Å². The molecule has 0 atom stereocenters. The van der Waals surface area contributed by atoms with Crippen LogP contribution in [0.25, 0.3) is 0 Å². The molecule has 2 aliphatic rings. The highest BCUT2D eigenvalue weighted by molar-refractivity contribution is 7.89. The number of rotatable bonds is 3. The first-order chi connectivity index (χ1) is 8.49. The summed E-state index contributed by atoms with van der Waals surface area (Å²) < 4.78 is 25.8. The van der Waals surface area contributed by atoms with E-state index in [4.69, 9.17) is 18.0 Å². The van der Waals surface area contributed by atoms with E-state index >= 15 is 0 Å². The lowest BCUT2D eigenvalue weighted by atomic mass is 10.0. The van der Waals surface area contributed by atoms with Gasteiger partial charge in [-0.3, -0.25) is 4.90 Å². The molecular formula is C11H21N3O2S2. The van der Waals surface area contributed by atoms with Crippen molar-refractivity contribution in [1.82, 2.24) is 9.21 Å². The number of hydrogen-bond acceptors (Lipinski definition) is 4. The molecule has 2 rings (SSSR count). The molecule has 2 heterocycles. The molecule has 2 aliphatic heterocycles. The molecule has 0 radical (unpaired) electrons. The molecule has 0 aromatic rings. The monoisotopic (exact) mass is 291 g/mol. The van der Waals surface area contributed by atoms with Gasteiger partial charge in [0.2, 0.25) is 10.0 Å². The van der Waals surface area contributed by atoms with Gasteiger partial charge in [0.25, 0.3) is 0 Å². The van der Waals surface area contributed by atoms with Gasteiger partial charge < -0.3 is 5.73 Å². The van der Waals surface area contributed by atoms with Crippen molar-refractivity contribution in [2.75, 3.05) is 31.9 Å². The van der Waals surface area contributed by atoms with Crippen molar-refractivity contribution < 1.29 is 8.42 Å². The van der Waals surface area contributed by atoms with Gasteiger partial charge in [-0.05, 0) is 25.7 Å². The van der Waals surface area contributed by atoms with Crippen molar-refractivity contribution in [3.63, 3.8) is 0 Å². The first kappa shape index (κ1) is 14.2. The third-order valence-electron chi connectivity index (χ3n) is 3.73. The normalized spacial score (nSPS) is 27.1. The fourth-order valence-electron chi connectivity index (χ4n) is 2.80. The molecule has 0 saturated carbocycles. The van der Waals surface area contributed by atoms with E-state index in [-0.39, 0.29) is 6.04 Å². The van der Waals surface area contributed by atoms with Crippen LogP contribution in [-0.2, 0) is 10.0 Å². The van der Waals surface area contributed by atoms with Gasteiger partial charge >= 0.3 is 0 Å². The third-order valence-corrected chi connectivity index (χ3v) is 5.86. The molecule has 0 aliphatic carbocycles. The zero-order valence-electron chi connectivity index (χ0n) is 10.5. The zero-order valence-corrected chi connectivity index (χ0v) is 12.2. The zero-order chi connectivity index (χ0) is 13.2. The topological polar surface area (TPSA) is 66.6 Å². The maximum absolute atomic E-state index is 12.0. The van der Waals surface area contributed by atoms with Gasteiger partial charge in [-0.15, -0.1) is 0 Å². The highest BCUT2D eigenvalue weighted by atomic mass is 32.2. The molecule has 2 fully saturated rings. The van der Waals surface area contributed by atoms with E-state index in [1.165, 1.54) is 0 Å². The van der Waals surface area contributed by atoms with E-state index in [0.717, 1.165) is 38.8 Å². The number of nitrogens with zero attached hydrogens (tertiary/aromatic N) is 2. The summed E-state index contributed by atoms with van der Waals surface area (Å²) in [6.07, 6.45) is 3.58. The van der Waals surface area contributed by atoms with E-state index in [9.17, 15) is 8.42 Å². The van der Waals surface area contributed by atoms with Crippen molar-refractivity contribution in [2.24, 2.45) is 5.73 Å². The molecule has 2 saturated heterocycles. The number of thiocarbonyl (C=S) groups is 1. The maximum atomic E-state index is 12.0. The van der Waals surface area contributed by atoms with Crippen LogP contribution >= 0.6 is 12.2 Å². The minimum Gasteiger partial charge on any atom is -0.392 e. The molecule has 0 bridgehead atoms. The highest BCUT2D eigenvalue weighted by Gasteiger charge is 2.34. The molecule has 5 nitrogen and oxygen atoms in total. The molecule has 7 heteroatoms. The van der Waals surface area contributed by atoms with E-state index in [1.54, 1.807) is 4.31 Å². The number of piperidine rings is 1. The van der Waals surface area contributed by atoms with E-state index < -0.39 is 10.0 Å². The Morgan fingerprint density at radius 2 is 1.89 bits per heavy atom. The average molecular weight is 291 g/mol. The van der Waals surface area contributed by atoms with Gasteiger partial charge in [-0.2, -0.15) is 4.31 Å². The Morgan fingerprint density at radius 3 is 2.44 bits per heavy atom. The second kappa shape index (κ2) is 5.81. The lowest BCUT2D eigenvalue weighted by molar-refractivity contribution is 0.169. The van der Waals surface area contributed by atoms with Crippen molar-refractivity contribution in [2.45, 2.75) is 31.7 Å². The summed E-state index contributed by atoms with van der Waals surface area (Å²) in [5.41, 5.74) is 5.53. The molecule has 2 N–H and O–H groups in total. The summed E-state index contributed by atoms with van der Waals surface area (Å²) in [5.74, 6) is 0.320. The quantitative estimate of drug-likeness (QED) is 0.751. The lowest BCUT2D eigenvalue weighted by Crippen LogP contribution is -2.50. The molecular weight excluding hydrogens is 270 g/mol. The van der Waals surface area contributed by atoms with Gasteiger partial charge in [0.05, 0.1) is 10.7 Å². The molecule has 0 aromatic carbocycles. The van der Waals surface area contributed by atoms with E-state index in [1.807, 2.05) is 0 Å². The second-order valence-corrected chi connectivity index (χ2v) is 7.67. The van der Waals surface area contributed by atoms with E-state index in [0.29, 0.717) is 23.8 Å². The van der Waals surface area contributed by atoms with Crippen LogP contribution in [-0.4, -0.2) is 60.6 Å². The predicted octanol–water partition coefficient (Wildman–Crippen LogP) is 0.162. The summed E-state index contributed by atoms with van der Waals surface area (Å²) in [5, 5.41) is 0. The van der Waals surface area contributed by atoms with Crippen molar-refractivity contribution in [3.8, 4) is 0 Å². The minimum atomic E-state index is -3.00. The first-order valence-electron chi connectivity index (χ1n) is 6.49. The Bertz CT molecular complexity index is 403. The van der Waals surface area contributed by atoms with Crippen LogP contribution < -0.4 is 5.73 Å². The van der Waals surface area contributed by atoms with Crippen LogP contribution in [0.5, 0.6) is 0 Å². The highest BCUT2D eigenvalue weighted by Crippen LogP contribution is 2.23. The molecule has 18 heavy (non-hydrogen) atoms. The molecule has 0 amide bonds. The SMILES string of the molecule is NC(=S)CN1CCC(N2CCCCS2(=O)=O)CC1. The number of hydrogen-bond donors (Lipinski definition) is 1. The summed E-state index contributed by atoms with van der Waals surface area (Å²) in [6.45, 7) is 3.11. The lowest BCUT2D eigenvalue weighted by Gasteiger charge is -2.39. The summed E-state index contributed by atoms with van der Waals surface area (Å²) >= 11 is 4.90. The number of nitrogens with two attached hydrogens (primary N) is 1. The van der Waals surface area contributed by atoms with E-state index in [2.05, 4.69) is 4.90 Å². The molecule has 0 aromatic heterocycles. The van der Waals surface area contributed by atoms with Crippen molar-refractivity contribution in [1.29, 1.82) is 0 Å². The number of likely N-dealkylation sites (tertiary alicyclic amines) is 1. The second-order valence-electron chi connectivity index (χ2n) is 5.11. The fraction of sp³-hybridized carbons (Fsp3) is 0.909. The van der Waals surface area contributed by atoms with Gasteiger partial charge in [-0.25, -0.2) is 8.42 Å².